The molecule has 1 aliphatic heterocycles. The summed E-state index contributed by atoms with van der Waals surface area (Å²) in [5.74, 6) is 2.41. The first-order chi connectivity index (χ1) is 3.93. The molecule has 1 aliphatic rings. The SMILES string of the molecule is O=CC1CSCSC1. The molecule has 8 heavy (non-hydrogen) atoms. The zero-order chi connectivity index (χ0) is 5.82. The summed E-state index contributed by atoms with van der Waals surface area (Å²) in [4.78, 5) is 10.1. The van der Waals surface area contributed by atoms with E-state index in [2.05, 4.69) is 0 Å². The van der Waals surface area contributed by atoms with Crippen LogP contribution in [-0.2, 0) is 4.79 Å². The Balaban J connectivity index is 2.22. The van der Waals surface area contributed by atoms with Gasteiger partial charge in [-0.05, 0) is 0 Å². The summed E-state index contributed by atoms with van der Waals surface area (Å²) in [6.07, 6.45) is 1.07. The van der Waals surface area contributed by atoms with Gasteiger partial charge in [0.1, 0.15) is 6.29 Å². The molecule has 1 nitrogen and oxygen atoms in total. The number of carbonyl (C=O) groups excluding carboxylic acids is 1. The van der Waals surface area contributed by atoms with Crippen LogP contribution in [0, 0.1) is 5.92 Å². The molecule has 1 heterocycles. The zero-order valence-corrected chi connectivity index (χ0v) is 6.13. The Morgan fingerprint density at radius 2 is 2.00 bits per heavy atom. The lowest BCUT2D eigenvalue weighted by Gasteiger charge is -2.13. The maximum atomic E-state index is 10.1. The molecule has 0 aromatic carbocycles. The second-order valence-corrected chi connectivity index (χ2v) is 4.18. The first kappa shape index (κ1) is 6.49. The maximum absolute atomic E-state index is 10.1. The Kier molecular flexibility index (Phi) is 2.76. The van der Waals surface area contributed by atoms with Crippen LogP contribution >= 0.6 is 23.5 Å². The lowest BCUT2D eigenvalue weighted by molar-refractivity contribution is -0.109. The van der Waals surface area contributed by atoms with E-state index in [0.29, 0.717) is 5.92 Å². The van der Waals surface area contributed by atoms with Crippen LogP contribution in [0.4, 0.5) is 0 Å². The van der Waals surface area contributed by atoms with Crippen LogP contribution in [0.1, 0.15) is 0 Å². The average Bonchev–Trinajstić information content (AvgIpc) is 1.90. The molecule has 0 radical (unpaired) electrons. The van der Waals surface area contributed by atoms with E-state index < -0.39 is 0 Å². The summed E-state index contributed by atoms with van der Waals surface area (Å²) in [6, 6.07) is 0. The molecule has 0 N–H and O–H groups in total. The third-order valence-corrected chi connectivity index (χ3v) is 3.68. The van der Waals surface area contributed by atoms with Crippen molar-refractivity contribution >= 4 is 29.8 Å². The van der Waals surface area contributed by atoms with Crippen molar-refractivity contribution in [3.8, 4) is 0 Å². The first-order valence-electron chi connectivity index (χ1n) is 2.54. The summed E-state index contributed by atoms with van der Waals surface area (Å²) in [5.41, 5.74) is 0. The number of hydrogen-bond donors (Lipinski definition) is 0. The lowest BCUT2D eigenvalue weighted by Crippen LogP contribution is -2.12. The van der Waals surface area contributed by atoms with Crippen LogP contribution in [-0.4, -0.2) is 22.9 Å². The third kappa shape index (κ3) is 1.71. The highest BCUT2D eigenvalue weighted by Gasteiger charge is 2.11. The van der Waals surface area contributed by atoms with Gasteiger partial charge >= 0.3 is 0 Å². The second kappa shape index (κ2) is 3.41. The molecular formula is C5H8OS2. The molecule has 0 amide bonds. The van der Waals surface area contributed by atoms with Crippen molar-refractivity contribution in [3.05, 3.63) is 0 Å². The largest absolute Gasteiger partial charge is 0.303 e. The fourth-order valence-electron chi connectivity index (χ4n) is 0.585. The quantitative estimate of drug-likeness (QED) is 0.521. The van der Waals surface area contributed by atoms with Crippen LogP contribution in [0.15, 0.2) is 0 Å². The molecule has 0 atom stereocenters. The molecule has 1 fully saturated rings. The molecule has 0 aliphatic carbocycles. The van der Waals surface area contributed by atoms with Gasteiger partial charge in [0.25, 0.3) is 0 Å². The molecule has 1 rings (SSSR count). The second-order valence-electron chi connectivity index (χ2n) is 1.76. The van der Waals surface area contributed by atoms with Crippen molar-refractivity contribution in [1.29, 1.82) is 0 Å². The molecule has 0 unspecified atom stereocenters. The monoisotopic (exact) mass is 148 g/mol. The smallest absolute Gasteiger partial charge is 0.124 e. The minimum atomic E-state index is 0.332. The van der Waals surface area contributed by atoms with E-state index in [9.17, 15) is 4.79 Å². The molecule has 3 heteroatoms. The van der Waals surface area contributed by atoms with E-state index in [-0.39, 0.29) is 0 Å². The Hall–Kier alpha value is 0.370. The Labute approximate surface area is 57.6 Å². The van der Waals surface area contributed by atoms with Crippen LogP contribution in [0.25, 0.3) is 0 Å². The van der Waals surface area contributed by atoms with Gasteiger partial charge in [0.2, 0.25) is 0 Å². The number of rotatable bonds is 1. The van der Waals surface area contributed by atoms with Crippen LogP contribution < -0.4 is 0 Å². The molecule has 0 spiro atoms. The van der Waals surface area contributed by atoms with E-state index in [1.54, 1.807) is 0 Å². The van der Waals surface area contributed by atoms with Gasteiger partial charge in [-0.1, -0.05) is 0 Å². The van der Waals surface area contributed by atoms with Crippen molar-refractivity contribution in [2.45, 2.75) is 0 Å². The summed E-state index contributed by atoms with van der Waals surface area (Å²) in [7, 11) is 0. The van der Waals surface area contributed by atoms with Crippen molar-refractivity contribution < 1.29 is 4.79 Å². The van der Waals surface area contributed by atoms with E-state index in [1.165, 1.54) is 5.08 Å². The van der Waals surface area contributed by atoms with Crippen LogP contribution in [0.5, 0.6) is 0 Å². The minimum Gasteiger partial charge on any atom is -0.303 e. The Morgan fingerprint density at radius 3 is 2.38 bits per heavy atom. The fraction of sp³-hybridized carbons (Fsp3) is 0.800. The zero-order valence-electron chi connectivity index (χ0n) is 4.50. The normalized spacial score (nSPS) is 23.0. The number of thioether (sulfide) groups is 2. The van der Waals surface area contributed by atoms with Gasteiger partial charge in [-0.15, -0.1) is 0 Å². The molecule has 46 valence electrons. The number of carbonyl (C=O) groups is 1. The summed E-state index contributed by atoms with van der Waals surface area (Å²) >= 11 is 3.72. The summed E-state index contributed by atoms with van der Waals surface area (Å²) in [6.45, 7) is 0. The van der Waals surface area contributed by atoms with E-state index in [1.807, 2.05) is 23.5 Å². The van der Waals surface area contributed by atoms with Crippen molar-refractivity contribution in [1.82, 2.24) is 0 Å². The Bertz CT molecular complexity index is 78.5. The van der Waals surface area contributed by atoms with Crippen molar-refractivity contribution in [2.24, 2.45) is 5.92 Å². The summed E-state index contributed by atoms with van der Waals surface area (Å²) < 4.78 is 0. The van der Waals surface area contributed by atoms with E-state index >= 15 is 0 Å². The van der Waals surface area contributed by atoms with Crippen molar-refractivity contribution in [3.63, 3.8) is 0 Å². The van der Waals surface area contributed by atoms with Crippen LogP contribution in [0.3, 0.4) is 0 Å². The van der Waals surface area contributed by atoms with Gasteiger partial charge in [-0.2, -0.15) is 23.5 Å². The third-order valence-electron chi connectivity index (χ3n) is 1.02. The Morgan fingerprint density at radius 1 is 1.38 bits per heavy atom. The topological polar surface area (TPSA) is 17.1 Å². The highest BCUT2D eigenvalue weighted by molar-refractivity contribution is 8.16. The molecule has 0 aromatic rings. The van der Waals surface area contributed by atoms with Gasteiger partial charge in [0.15, 0.2) is 0 Å². The van der Waals surface area contributed by atoms with Crippen molar-refractivity contribution in [2.75, 3.05) is 16.6 Å². The maximum Gasteiger partial charge on any atom is 0.124 e. The van der Waals surface area contributed by atoms with E-state index in [4.69, 9.17) is 0 Å². The van der Waals surface area contributed by atoms with Gasteiger partial charge in [0.05, 0.1) is 0 Å². The molecule has 0 saturated carbocycles. The fourth-order valence-corrected chi connectivity index (χ4v) is 2.97. The molecular weight excluding hydrogens is 140 g/mol. The predicted molar refractivity (Wildman–Crippen MR) is 39.3 cm³/mol. The first-order valence-corrected chi connectivity index (χ1v) is 4.85. The number of hydrogen-bond acceptors (Lipinski definition) is 3. The summed E-state index contributed by atoms with van der Waals surface area (Å²) in [5, 5.41) is 1.17. The molecule has 1 saturated heterocycles. The lowest BCUT2D eigenvalue weighted by atomic mass is 10.2. The number of aldehydes is 1. The van der Waals surface area contributed by atoms with E-state index in [0.717, 1.165) is 17.8 Å². The predicted octanol–water partition coefficient (Wildman–Crippen LogP) is 1.24. The van der Waals surface area contributed by atoms with Gasteiger partial charge in [-0.3, -0.25) is 0 Å². The van der Waals surface area contributed by atoms with Gasteiger partial charge < -0.3 is 4.79 Å². The average molecular weight is 148 g/mol. The standard InChI is InChI=1S/C5H8OS2/c6-1-5-2-7-4-8-3-5/h1,5H,2-4H2. The highest BCUT2D eigenvalue weighted by atomic mass is 32.2. The molecule has 0 bridgehead atoms. The van der Waals surface area contributed by atoms with Gasteiger partial charge in [-0.25, -0.2) is 0 Å². The van der Waals surface area contributed by atoms with Gasteiger partial charge in [0, 0.05) is 22.5 Å². The van der Waals surface area contributed by atoms with Crippen LogP contribution in [0.2, 0.25) is 0 Å². The minimum absolute atomic E-state index is 0.332. The molecule has 0 aromatic heterocycles. The highest BCUT2D eigenvalue weighted by Crippen LogP contribution is 2.23.